The predicted molar refractivity (Wildman–Crippen MR) is 77.7 cm³/mol. The maximum Gasteiger partial charge on any atom is 0.220 e. The molecule has 0 aromatic rings. The quantitative estimate of drug-likeness (QED) is 0.825. The molecule has 4 bridgehead atoms. The molecule has 0 aliphatic heterocycles. The van der Waals surface area contributed by atoms with Crippen molar-refractivity contribution < 1.29 is 4.79 Å². The average Bonchev–Trinajstić information content (AvgIpc) is 2.22. The Morgan fingerprint density at radius 1 is 1.05 bits per heavy atom. The first-order valence-electron chi connectivity index (χ1n) is 8.10. The normalized spacial score (nSPS) is 40.5. The summed E-state index contributed by atoms with van der Waals surface area (Å²) in [7, 11) is 0. The smallest absolute Gasteiger partial charge is 0.220 e. The van der Waals surface area contributed by atoms with E-state index in [1.807, 2.05) is 0 Å². The summed E-state index contributed by atoms with van der Waals surface area (Å²) in [5.74, 6) is 3.19. The minimum absolute atomic E-state index is 0.103. The molecule has 0 unspecified atom stereocenters. The fourth-order valence-corrected chi connectivity index (χ4v) is 5.34. The van der Waals surface area contributed by atoms with E-state index < -0.39 is 0 Å². The molecule has 4 rings (SSSR count). The summed E-state index contributed by atoms with van der Waals surface area (Å²) in [6.07, 6.45) is 9.25. The molecule has 2 nitrogen and oxygen atoms in total. The van der Waals surface area contributed by atoms with Gasteiger partial charge in [0.25, 0.3) is 0 Å². The molecule has 4 saturated carbocycles. The number of hydrogen-bond donors (Lipinski definition) is 1. The van der Waals surface area contributed by atoms with Crippen LogP contribution in [0.4, 0.5) is 0 Å². The first-order valence-corrected chi connectivity index (χ1v) is 8.10. The molecule has 108 valence electrons. The van der Waals surface area contributed by atoms with Crippen molar-refractivity contribution in [3.05, 3.63) is 0 Å². The van der Waals surface area contributed by atoms with Crippen LogP contribution in [0, 0.1) is 28.6 Å². The van der Waals surface area contributed by atoms with E-state index >= 15 is 0 Å². The molecule has 0 saturated heterocycles. The second-order valence-corrected chi connectivity index (χ2v) is 8.93. The van der Waals surface area contributed by atoms with Gasteiger partial charge in [0.1, 0.15) is 0 Å². The monoisotopic (exact) mass is 263 g/mol. The van der Waals surface area contributed by atoms with E-state index in [4.69, 9.17) is 0 Å². The van der Waals surface area contributed by atoms with Gasteiger partial charge in [-0.3, -0.25) is 4.79 Å². The molecule has 1 N–H and O–H groups in total. The van der Waals surface area contributed by atoms with Crippen molar-refractivity contribution in [1.29, 1.82) is 0 Å². The summed E-state index contributed by atoms with van der Waals surface area (Å²) in [5, 5.41) is 3.26. The van der Waals surface area contributed by atoms with Crippen molar-refractivity contribution in [2.24, 2.45) is 28.6 Å². The van der Waals surface area contributed by atoms with E-state index in [2.05, 4.69) is 26.1 Å². The van der Waals surface area contributed by atoms with Crippen molar-refractivity contribution in [1.82, 2.24) is 5.32 Å². The van der Waals surface area contributed by atoms with Gasteiger partial charge in [0, 0.05) is 13.0 Å². The Balaban J connectivity index is 1.57. The van der Waals surface area contributed by atoms with Crippen molar-refractivity contribution >= 4 is 5.91 Å². The zero-order valence-corrected chi connectivity index (χ0v) is 12.8. The van der Waals surface area contributed by atoms with E-state index in [-0.39, 0.29) is 11.3 Å². The van der Waals surface area contributed by atoms with Gasteiger partial charge in [-0.25, -0.2) is 0 Å². The summed E-state index contributed by atoms with van der Waals surface area (Å²) in [5.41, 5.74) is 0.577. The molecule has 0 heterocycles. The van der Waals surface area contributed by atoms with Gasteiger partial charge in [-0.1, -0.05) is 20.8 Å². The fourth-order valence-electron chi connectivity index (χ4n) is 5.34. The summed E-state index contributed by atoms with van der Waals surface area (Å²) in [6, 6.07) is 0. The highest BCUT2D eigenvalue weighted by Crippen LogP contribution is 2.59. The first-order chi connectivity index (χ1) is 8.84. The molecule has 0 atom stereocenters. The van der Waals surface area contributed by atoms with Crippen molar-refractivity contribution in [3.8, 4) is 0 Å². The molecule has 4 aliphatic carbocycles. The van der Waals surface area contributed by atoms with Crippen LogP contribution in [-0.2, 0) is 4.79 Å². The number of amides is 1. The summed E-state index contributed by atoms with van der Waals surface area (Å²) in [4.78, 5) is 12.0. The van der Waals surface area contributed by atoms with Crippen LogP contribution >= 0.6 is 0 Å². The van der Waals surface area contributed by atoms with Crippen LogP contribution < -0.4 is 5.32 Å². The van der Waals surface area contributed by atoms with Crippen LogP contribution in [0.3, 0.4) is 0 Å². The highest BCUT2D eigenvalue weighted by Gasteiger charge is 2.50. The number of hydrogen-bond acceptors (Lipinski definition) is 1. The lowest BCUT2D eigenvalue weighted by Crippen LogP contribution is -2.51. The van der Waals surface area contributed by atoms with Crippen molar-refractivity contribution in [2.75, 3.05) is 6.54 Å². The largest absolute Gasteiger partial charge is 0.356 e. The third-order valence-corrected chi connectivity index (χ3v) is 5.52. The van der Waals surface area contributed by atoms with Gasteiger partial charge < -0.3 is 5.32 Å². The first kappa shape index (κ1) is 13.5. The summed E-state index contributed by atoms with van der Waals surface area (Å²) in [6.45, 7) is 7.36. The molecule has 4 fully saturated rings. The Bertz CT molecular complexity index is 331. The molecule has 0 spiro atoms. The predicted octanol–water partition coefficient (Wildman–Crippen LogP) is 3.76. The maximum atomic E-state index is 12.0. The van der Waals surface area contributed by atoms with Crippen LogP contribution in [0.5, 0.6) is 0 Å². The Labute approximate surface area is 117 Å². The summed E-state index contributed by atoms with van der Waals surface area (Å²) >= 11 is 0. The fraction of sp³-hybridized carbons (Fsp3) is 0.941. The van der Waals surface area contributed by atoms with Crippen molar-refractivity contribution in [2.45, 2.75) is 65.7 Å². The third-order valence-electron chi connectivity index (χ3n) is 5.52. The average molecular weight is 263 g/mol. The number of rotatable bonds is 3. The zero-order valence-electron chi connectivity index (χ0n) is 12.8. The molecule has 0 radical (unpaired) electrons. The van der Waals surface area contributed by atoms with Gasteiger partial charge in [-0.2, -0.15) is 0 Å². The molecule has 0 aromatic heterocycles. The second-order valence-electron chi connectivity index (χ2n) is 8.93. The van der Waals surface area contributed by atoms with E-state index in [0.717, 1.165) is 24.3 Å². The SMILES string of the molecule is CC(C)(C)CC(=O)NCC12CC3CC(CC(C3)C1)C2. The number of carbonyl (C=O) groups excluding carboxylic acids is 1. The molecular weight excluding hydrogens is 234 g/mol. The molecule has 4 aliphatic rings. The lowest BCUT2D eigenvalue weighted by atomic mass is 9.49. The second kappa shape index (κ2) is 4.49. The number of carbonyl (C=O) groups is 1. The standard InChI is InChI=1S/C17H29NO/c1-16(2,3)10-15(19)18-11-17-7-12-4-13(8-17)6-14(5-12)9-17/h12-14H,4-11H2,1-3H3,(H,18,19). The molecule has 19 heavy (non-hydrogen) atoms. The van der Waals surface area contributed by atoms with Gasteiger partial charge >= 0.3 is 0 Å². The van der Waals surface area contributed by atoms with Crippen LogP contribution in [-0.4, -0.2) is 12.5 Å². The molecular formula is C17H29NO. The topological polar surface area (TPSA) is 29.1 Å². The highest BCUT2D eigenvalue weighted by molar-refractivity contribution is 5.76. The number of nitrogens with one attached hydrogen (secondary N) is 1. The van der Waals surface area contributed by atoms with E-state index in [9.17, 15) is 4.79 Å². The zero-order chi connectivity index (χ0) is 13.7. The Morgan fingerprint density at radius 2 is 1.53 bits per heavy atom. The van der Waals surface area contributed by atoms with Gasteiger partial charge in [-0.15, -0.1) is 0 Å². The van der Waals surface area contributed by atoms with Gasteiger partial charge in [0.15, 0.2) is 0 Å². The van der Waals surface area contributed by atoms with E-state index in [1.54, 1.807) is 0 Å². The van der Waals surface area contributed by atoms with E-state index in [1.165, 1.54) is 38.5 Å². The van der Waals surface area contributed by atoms with Gasteiger partial charge in [0.05, 0.1) is 0 Å². The molecule has 2 heteroatoms. The summed E-state index contributed by atoms with van der Waals surface area (Å²) < 4.78 is 0. The lowest BCUT2D eigenvalue weighted by molar-refractivity contribution is -0.125. The van der Waals surface area contributed by atoms with Crippen molar-refractivity contribution in [3.63, 3.8) is 0 Å². The third kappa shape index (κ3) is 2.98. The Morgan fingerprint density at radius 3 is 1.95 bits per heavy atom. The lowest BCUT2D eigenvalue weighted by Gasteiger charge is -2.57. The van der Waals surface area contributed by atoms with E-state index in [0.29, 0.717) is 11.8 Å². The Kier molecular flexibility index (Phi) is 3.18. The van der Waals surface area contributed by atoms with Crippen LogP contribution in [0.15, 0.2) is 0 Å². The highest BCUT2D eigenvalue weighted by atomic mass is 16.1. The maximum absolute atomic E-state index is 12.0. The van der Waals surface area contributed by atoms with Crippen LogP contribution in [0.2, 0.25) is 0 Å². The minimum atomic E-state index is 0.103. The van der Waals surface area contributed by atoms with Gasteiger partial charge in [-0.05, 0) is 67.1 Å². The molecule has 0 aromatic carbocycles. The Hall–Kier alpha value is -0.530. The minimum Gasteiger partial charge on any atom is -0.356 e. The van der Waals surface area contributed by atoms with Crippen LogP contribution in [0.25, 0.3) is 0 Å². The molecule has 1 amide bonds. The van der Waals surface area contributed by atoms with Crippen LogP contribution in [0.1, 0.15) is 65.7 Å². The van der Waals surface area contributed by atoms with Gasteiger partial charge in [0.2, 0.25) is 5.91 Å².